The van der Waals surface area contributed by atoms with E-state index < -0.39 is 0 Å². The summed E-state index contributed by atoms with van der Waals surface area (Å²) in [4.78, 5) is 12.5. The highest BCUT2D eigenvalue weighted by atomic mass is 16.5. The van der Waals surface area contributed by atoms with Crippen molar-refractivity contribution in [3.8, 4) is 23.0 Å². The van der Waals surface area contributed by atoms with Gasteiger partial charge in [0.15, 0.2) is 11.5 Å². The molecule has 28 heavy (non-hydrogen) atoms. The molecule has 3 rings (SSSR count). The molecule has 0 saturated carbocycles. The van der Waals surface area contributed by atoms with Crippen molar-refractivity contribution in [2.75, 3.05) is 19.0 Å². The van der Waals surface area contributed by atoms with E-state index in [0.29, 0.717) is 35.1 Å². The Morgan fingerprint density at radius 3 is 2.39 bits per heavy atom. The molecule has 0 aliphatic heterocycles. The molecule has 5 heteroatoms. The molecular weight excluding hydrogens is 354 g/mol. The Morgan fingerprint density at radius 2 is 1.71 bits per heavy atom. The number of carbonyl (C=O) groups is 1. The van der Waals surface area contributed by atoms with Crippen molar-refractivity contribution in [1.29, 1.82) is 0 Å². The van der Waals surface area contributed by atoms with Crippen molar-refractivity contribution in [3.05, 3.63) is 77.9 Å². The predicted molar refractivity (Wildman–Crippen MR) is 110 cm³/mol. The number of anilines is 1. The maximum absolute atomic E-state index is 12.5. The van der Waals surface area contributed by atoms with Gasteiger partial charge in [0.25, 0.3) is 5.91 Å². The molecule has 0 saturated heterocycles. The number of rotatable bonds is 7. The van der Waals surface area contributed by atoms with Gasteiger partial charge in [-0.2, -0.15) is 0 Å². The molecule has 0 heterocycles. The van der Waals surface area contributed by atoms with E-state index in [-0.39, 0.29) is 5.91 Å². The molecule has 3 aromatic rings. The minimum Gasteiger partial charge on any atom is -0.493 e. The summed E-state index contributed by atoms with van der Waals surface area (Å²) in [5, 5.41) is 2.87. The number of amides is 1. The van der Waals surface area contributed by atoms with Gasteiger partial charge in [0.2, 0.25) is 0 Å². The molecule has 1 N–H and O–H groups in total. The Balaban J connectivity index is 1.68. The number of methoxy groups -OCH3 is 1. The Bertz CT molecular complexity index is 951. The van der Waals surface area contributed by atoms with Gasteiger partial charge in [-0.3, -0.25) is 4.79 Å². The van der Waals surface area contributed by atoms with Crippen molar-refractivity contribution in [2.45, 2.75) is 13.8 Å². The van der Waals surface area contributed by atoms with Gasteiger partial charge in [0.05, 0.1) is 13.7 Å². The van der Waals surface area contributed by atoms with Crippen LogP contribution in [0, 0.1) is 6.92 Å². The Labute approximate surface area is 164 Å². The lowest BCUT2D eigenvalue weighted by Crippen LogP contribution is -2.12. The number of carbonyl (C=O) groups excluding carboxylic acids is 1. The van der Waals surface area contributed by atoms with Crippen molar-refractivity contribution in [3.63, 3.8) is 0 Å². The van der Waals surface area contributed by atoms with Crippen LogP contribution in [0.15, 0.2) is 66.7 Å². The monoisotopic (exact) mass is 377 g/mol. The summed E-state index contributed by atoms with van der Waals surface area (Å²) in [6.45, 7) is 4.39. The summed E-state index contributed by atoms with van der Waals surface area (Å²) in [6, 6.07) is 20.2. The third-order valence-electron chi connectivity index (χ3n) is 4.06. The minimum absolute atomic E-state index is 0.226. The van der Waals surface area contributed by atoms with E-state index in [1.165, 1.54) is 0 Å². The topological polar surface area (TPSA) is 56.8 Å². The smallest absolute Gasteiger partial charge is 0.255 e. The van der Waals surface area contributed by atoms with E-state index in [0.717, 1.165) is 11.3 Å². The summed E-state index contributed by atoms with van der Waals surface area (Å²) in [6.07, 6.45) is 0. The van der Waals surface area contributed by atoms with Crippen LogP contribution >= 0.6 is 0 Å². The van der Waals surface area contributed by atoms with Crippen LogP contribution in [0.1, 0.15) is 22.8 Å². The third-order valence-corrected chi connectivity index (χ3v) is 4.06. The van der Waals surface area contributed by atoms with E-state index in [1.807, 2.05) is 50.2 Å². The van der Waals surface area contributed by atoms with Gasteiger partial charge < -0.3 is 19.5 Å². The van der Waals surface area contributed by atoms with Crippen molar-refractivity contribution in [1.82, 2.24) is 0 Å². The Hall–Kier alpha value is -3.47. The van der Waals surface area contributed by atoms with Crippen LogP contribution < -0.4 is 19.5 Å². The molecule has 0 unspecified atom stereocenters. The van der Waals surface area contributed by atoms with Crippen LogP contribution in [0.25, 0.3) is 0 Å². The highest BCUT2D eigenvalue weighted by Gasteiger charge is 2.11. The summed E-state index contributed by atoms with van der Waals surface area (Å²) in [5.74, 6) is 2.39. The molecule has 0 aromatic heterocycles. The molecule has 0 spiro atoms. The van der Waals surface area contributed by atoms with Gasteiger partial charge in [-0.05, 0) is 74.0 Å². The number of benzene rings is 3. The number of nitrogens with one attached hydrogen (secondary N) is 1. The maximum Gasteiger partial charge on any atom is 0.255 e. The van der Waals surface area contributed by atoms with Gasteiger partial charge >= 0.3 is 0 Å². The second kappa shape index (κ2) is 8.95. The largest absolute Gasteiger partial charge is 0.493 e. The van der Waals surface area contributed by atoms with Gasteiger partial charge in [-0.1, -0.05) is 12.1 Å². The SMILES string of the molecule is CCOc1cc(C(=O)Nc2ccc(Oc3cccc(C)c3)cc2)ccc1OC. The van der Waals surface area contributed by atoms with Crippen LogP contribution in [0.5, 0.6) is 23.0 Å². The molecule has 0 aliphatic carbocycles. The number of hydrogen-bond donors (Lipinski definition) is 1. The zero-order valence-electron chi connectivity index (χ0n) is 16.2. The van der Waals surface area contributed by atoms with E-state index in [1.54, 1.807) is 37.4 Å². The molecule has 0 radical (unpaired) electrons. The summed E-state index contributed by atoms with van der Waals surface area (Å²) in [7, 11) is 1.57. The fourth-order valence-corrected chi connectivity index (χ4v) is 2.71. The number of aryl methyl sites for hydroxylation is 1. The first-order chi connectivity index (χ1) is 13.6. The van der Waals surface area contributed by atoms with Crippen LogP contribution in [0.3, 0.4) is 0 Å². The number of hydrogen-bond acceptors (Lipinski definition) is 4. The molecule has 3 aromatic carbocycles. The summed E-state index contributed by atoms with van der Waals surface area (Å²) in [5.41, 5.74) is 2.30. The van der Waals surface area contributed by atoms with Crippen LogP contribution in [0.4, 0.5) is 5.69 Å². The minimum atomic E-state index is -0.226. The molecule has 5 nitrogen and oxygen atoms in total. The highest BCUT2D eigenvalue weighted by Crippen LogP contribution is 2.29. The molecule has 0 fully saturated rings. The molecular formula is C23H23NO4. The Kier molecular flexibility index (Phi) is 6.17. The molecule has 144 valence electrons. The quantitative estimate of drug-likeness (QED) is 0.595. The third kappa shape index (κ3) is 4.82. The van der Waals surface area contributed by atoms with Crippen LogP contribution in [0.2, 0.25) is 0 Å². The van der Waals surface area contributed by atoms with E-state index >= 15 is 0 Å². The maximum atomic E-state index is 12.5. The van der Waals surface area contributed by atoms with E-state index in [4.69, 9.17) is 14.2 Å². The fraction of sp³-hybridized carbons (Fsp3) is 0.174. The number of ether oxygens (including phenoxy) is 3. The highest BCUT2D eigenvalue weighted by molar-refractivity contribution is 6.04. The second-order valence-corrected chi connectivity index (χ2v) is 6.20. The van der Waals surface area contributed by atoms with Crippen LogP contribution in [-0.4, -0.2) is 19.6 Å². The van der Waals surface area contributed by atoms with E-state index in [9.17, 15) is 4.79 Å². The normalized spacial score (nSPS) is 10.2. The zero-order chi connectivity index (χ0) is 19.9. The molecule has 0 bridgehead atoms. The lowest BCUT2D eigenvalue weighted by molar-refractivity contribution is 0.102. The first-order valence-electron chi connectivity index (χ1n) is 9.06. The average Bonchev–Trinajstić information content (AvgIpc) is 2.70. The fourth-order valence-electron chi connectivity index (χ4n) is 2.71. The lowest BCUT2D eigenvalue weighted by Gasteiger charge is -2.12. The lowest BCUT2D eigenvalue weighted by atomic mass is 10.1. The summed E-state index contributed by atoms with van der Waals surface area (Å²) < 4.78 is 16.6. The van der Waals surface area contributed by atoms with Crippen molar-refractivity contribution < 1.29 is 19.0 Å². The summed E-state index contributed by atoms with van der Waals surface area (Å²) >= 11 is 0. The first-order valence-corrected chi connectivity index (χ1v) is 9.06. The molecule has 0 atom stereocenters. The Morgan fingerprint density at radius 1 is 0.929 bits per heavy atom. The molecule has 0 aliphatic rings. The first kappa shape index (κ1) is 19.3. The second-order valence-electron chi connectivity index (χ2n) is 6.20. The van der Waals surface area contributed by atoms with Gasteiger partial charge in [0, 0.05) is 11.3 Å². The van der Waals surface area contributed by atoms with Crippen molar-refractivity contribution in [2.24, 2.45) is 0 Å². The van der Waals surface area contributed by atoms with Crippen LogP contribution in [-0.2, 0) is 0 Å². The standard InChI is InChI=1S/C23H23NO4/c1-4-27-22-15-17(8-13-21(22)26-3)23(25)24-18-9-11-19(12-10-18)28-20-7-5-6-16(2)14-20/h5-15H,4H2,1-3H3,(H,24,25). The van der Waals surface area contributed by atoms with Gasteiger partial charge in [-0.15, -0.1) is 0 Å². The van der Waals surface area contributed by atoms with Gasteiger partial charge in [-0.25, -0.2) is 0 Å². The van der Waals surface area contributed by atoms with Gasteiger partial charge in [0.1, 0.15) is 11.5 Å². The predicted octanol–water partition coefficient (Wildman–Crippen LogP) is 5.45. The van der Waals surface area contributed by atoms with E-state index in [2.05, 4.69) is 5.32 Å². The zero-order valence-corrected chi connectivity index (χ0v) is 16.2. The molecule has 1 amide bonds. The van der Waals surface area contributed by atoms with Crippen molar-refractivity contribution >= 4 is 11.6 Å². The average molecular weight is 377 g/mol.